The molecule has 11 heavy (non-hydrogen) atoms. The predicted molar refractivity (Wildman–Crippen MR) is 40.4 cm³/mol. The van der Waals surface area contributed by atoms with Gasteiger partial charge in [-0.05, 0) is 6.07 Å². The lowest BCUT2D eigenvalue weighted by molar-refractivity contribution is 0.185. The first-order chi connectivity index (χ1) is 5.34. The quantitative estimate of drug-likeness (QED) is 0.610. The van der Waals surface area contributed by atoms with Gasteiger partial charge in [0, 0.05) is 19.5 Å². The van der Waals surface area contributed by atoms with Crippen LogP contribution in [0.5, 0.6) is 0 Å². The van der Waals surface area contributed by atoms with Crippen molar-refractivity contribution in [3.05, 3.63) is 28.9 Å². The molecule has 0 spiro atoms. The van der Waals surface area contributed by atoms with E-state index in [9.17, 15) is 4.79 Å². The van der Waals surface area contributed by atoms with Crippen LogP contribution in [-0.2, 0) is 11.3 Å². The largest absolute Gasteiger partial charge is 0.383 e. The van der Waals surface area contributed by atoms with Gasteiger partial charge in [0.25, 0.3) is 0 Å². The second kappa shape index (κ2) is 3.88. The van der Waals surface area contributed by atoms with E-state index in [0.717, 1.165) is 0 Å². The fourth-order valence-electron chi connectivity index (χ4n) is 0.747. The Morgan fingerprint density at radius 1 is 1.73 bits per heavy atom. The van der Waals surface area contributed by atoms with Crippen molar-refractivity contribution in [1.29, 1.82) is 0 Å². The molecule has 4 nitrogen and oxygen atoms in total. The summed E-state index contributed by atoms with van der Waals surface area (Å²) >= 11 is 0. The molecular weight excluding hydrogens is 144 g/mol. The van der Waals surface area contributed by atoms with E-state index in [1.807, 2.05) is 0 Å². The summed E-state index contributed by atoms with van der Waals surface area (Å²) in [5.74, 6) is 0. The first-order valence-corrected chi connectivity index (χ1v) is 3.35. The molecule has 60 valence electrons. The maximum Gasteiger partial charge on any atom is 0.347 e. The van der Waals surface area contributed by atoms with Crippen LogP contribution in [0.25, 0.3) is 0 Å². The van der Waals surface area contributed by atoms with Crippen molar-refractivity contribution in [1.82, 2.24) is 9.55 Å². The molecule has 0 radical (unpaired) electrons. The van der Waals surface area contributed by atoms with E-state index in [-0.39, 0.29) is 5.69 Å². The Bertz CT molecular complexity index is 269. The summed E-state index contributed by atoms with van der Waals surface area (Å²) in [7, 11) is 1.60. The zero-order chi connectivity index (χ0) is 8.10. The van der Waals surface area contributed by atoms with Crippen molar-refractivity contribution >= 4 is 0 Å². The third-order valence-electron chi connectivity index (χ3n) is 1.32. The maximum absolute atomic E-state index is 10.9. The van der Waals surface area contributed by atoms with Gasteiger partial charge in [-0.1, -0.05) is 0 Å². The molecule has 0 saturated heterocycles. The van der Waals surface area contributed by atoms with E-state index in [0.29, 0.717) is 13.2 Å². The van der Waals surface area contributed by atoms with Crippen LogP contribution in [0, 0.1) is 0 Å². The van der Waals surface area contributed by atoms with Crippen LogP contribution in [0.4, 0.5) is 0 Å². The van der Waals surface area contributed by atoms with Crippen LogP contribution in [0.1, 0.15) is 0 Å². The number of hydrogen-bond acceptors (Lipinski definition) is 3. The monoisotopic (exact) mass is 154 g/mol. The summed E-state index contributed by atoms with van der Waals surface area (Å²) in [6.07, 6.45) is 3.17. The minimum atomic E-state index is -0.232. The molecule has 0 bridgehead atoms. The molecule has 0 N–H and O–H groups in total. The van der Waals surface area contributed by atoms with Crippen LogP contribution in [-0.4, -0.2) is 23.3 Å². The second-order valence-electron chi connectivity index (χ2n) is 2.09. The van der Waals surface area contributed by atoms with Gasteiger partial charge in [-0.15, -0.1) is 0 Å². The van der Waals surface area contributed by atoms with Crippen molar-refractivity contribution < 1.29 is 4.74 Å². The lowest BCUT2D eigenvalue weighted by Gasteiger charge is -2.01. The van der Waals surface area contributed by atoms with Gasteiger partial charge in [0.05, 0.1) is 13.2 Å². The topological polar surface area (TPSA) is 44.1 Å². The zero-order valence-corrected chi connectivity index (χ0v) is 6.36. The van der Waals surface area contributed by atoms with E-state index >= 15 is 0 Å². The summed E-state index contributed by atoms with van der Waals surface area (Å²) < 4.78 is 6.32. The minimum absolute atomic E-state index is 0.232. The van der Waals surface area contributed by atoms with Gasteiger partial charge in [0.15, 0.2) is 0 Å². The van der Waals surface area contributed by atoms with Gasteiger partial charge in [-0.2, -0.15) is 0 Å². The molecule has 1 aromatic rings. The van der Waals surface area contributed by atoms with Crippen LogP contribution >= 0.6 is 0 Å². The van der Waals surface area contributed by atoms with Gasteiger partial charge < -0.3 is 4.74 Å². The van der Waals surface area contributed by atoms with Crippen molar-refractivity contribution in [2.24, 2.45) is 0 Å². The first-order valence-electron chi connectivity index (χ1n) is 3.35. The molecule has 4 heteroatoms. The Hall–Kier alpha value is -1.16. The Labute approximate surface area is 64.5 Å². The fourth-order valence-corrected chi connectivity index (χ4v) is 0.747. The van der Waals surface area contributed by atoms with Gasteiger partial charge in [0.1, 0.15) is 0 Å². The Kier molecular flexibility index (Phi) is 2.80. The van der Waals surface area contributed by atoms with Crippen LogP contribution in [0.15, 0.2) is 23.3 Å². The molecule has 1 heterocycles. The van der Waals surface area contributed by atoms with Crippen molar-refractivity contribution in [2.45, 2.75) is 6.54 Å². The summed E-state index contributed by atoms with van der Waals surface area (Å²) in [5.41, 5.74) is -0.232. The molecule has 0 atom stereocenters. The molecule has 0 aliphatic rings. The summed E-state index contributed by atoms with van der Waals surface area (Å²) in [5, 5.41) is 0. The van der Waals surface area contributed by atoms with Crippen LogP contribution in [0.2, 0.25) is 0 Å². The van der Waals surface area contributed by atoms with Gasteiger partial charge in [-0.25, -0.2) is 9.78 Å². The van der Waals surface area contributed by atoms with Crippen molar-refractivity contribution in [3.63, 3.8) is 0 Å². The molecule has 0 aromatic carbocycles. The average molecular weight is 154 g/mol. The maximum atomic E-state index is 10.9. The standard InChI is InChI=1S/C7H10N2O2/c1-11-6-5-9-4-2-3-8-7(9)10/h2-4H,5-6H2,1H3. The van der Waals surface area contributed by atoms with E-state index in [1.54, 1.807) is 19.4 Å². The van der Waals surface area contributed by atoms with Gasteiger partial charge in [-0.3, -0.25) is 4.57 Å². The van der Waals surface area contributed by atoms with E-state index in [2.05, 4.69) is 4.98 Å². The first kappa shape index (κ1) is 7.94. The van der Waals surface area contributed by atoms with E-state index < -0.39 is 0 Å². The molecule has 1 aromatic heterocycles. The lowest BCUT2D eigenvalue weighted by Crippen LogP contribution is -2.23. The van der Waals surface area contributed by atoms with Crippen molar-refractivity contribution in [2.75, 3.05) is 13.7 Å². The van der Waals surface area contributed by atoms with Crippen LogP contribution in [0.3, 0.4) is 0 Å². The predicted octanol–water partition coefficient (Wildman–Crippen LogP) is -0.110. The van der Waals surface area contributed by atoms with Crippen LogP contribution < -0.4 is 5.69 Å². The molecule has 1 rings (SSSR count). The average Bonchev–Trinajstić information content (AvgIpc) is 2.03. The number of rotatable bonds is 3. The highest BCUT2D eigenvalue weighted by Crippen LogP contribution is 1.79. The molecule has 0 aliphatic carbocycles. The normalized spacial score (nSPS) is 9.91. The van der Waals surface area contributed by atoms with Gasteiger partial charge in [0.2, 0.25) is 0 Å². The number of nitrogens with zero attached hydrogens (tertiary/aromatic N) is 2. The molecule has 0 amide bonds. The Morgan fingerprint density at radius 2 is 2.55 bits per heavy atom. The molecule has 0 saturated carbocycles. The summed E-state index contributed by atoms with van der Waals surface area (Å²) in [6, 6.07) is 1.72. The SMILES string of the molecule is COCCn1cccnc1=O. The molecule has 0 aliphatic heterocycles. The van der Waals surface area contributed by atoms with Crippen molar-refractivity contribution in [3.8, 4) is 0 Å². The number of hydrogen-bond donors (Lipinski definition) is 0. The lowest BCUT2D eigenvalue weighted by atomic mass is 10.6. The highest BCUT2D eigenvalue weighted by molar-refractivity contribution is 4.80. The van der Waals surface area contributed by atoms with E-state index in [4.69, 9.17) is 4.74 Å². The molecular formula is C7H10N2O2. The second-order valence-corrected chi connectivity index (χ2v) is 2.09. The number of ether oxygens (including phenoxy) is 1. The number of methoxy groups -OCH3 is 1. The third kappa shape index (κ3) is 2.16. The summed E-state index contributed by atoms with van der Waals surface area (Å²) in [4.78, 5) is 14.5. The minimum Gasteiger partial charge on any atom is -0.383 e. The molecule has 0 unspecified atom stereocenters. The third-order valence-corrected chi connectivity index (χ3v) is 1.32. The Morgan fingerprint density at radius 3 is 3.18 bits per heavy atom. The Balaban J connectivity index is 2.70. The molecule has 0 fully saturated rings. The zero-order valence-electron chi connectivity index (χ0n) is 6.36. The highest BCUT2D eigenvalue weighted by Gasteiger charge is 1.91. The fraction of sp³-hybridized carbons (Fsp3) is 0.429. The number of aromatic nitrogens is 2. The highest BCUT2D eigenvalue weighted by atomic mass is 16.5. The smallest absolute Gasteiger partial charge is 0.347 e. The van der Waals surface area contributed by atoms with Gasteiger partial charge >= 0.3 is 5.69 Å². The summed E-state index contributed by atoms with van der Waals surface area (Å²) in [6.45, 7) is 1.09. The van der Waals surface area contributed by atoms with E-state index in [1.165, 1.54) is 10.8 Å².